The number of rotatable bonds is 6. The zero-order valence-electron chi connectivity index (χ0n) is 15.2. The molecule has 2 aromatic rings. The molecule has 0 radical (unpaired) electrons. The van der Waals surface area contributed by atoms with Crippen molar-refractivity contribution in [1.29, 1.82) is 0 Å². The number of benzene rings is 2. The van der Waals surface area contributed by atoms with E-state index < -0.39 is 9.84 Å². The lowest BCUT2D eigenvalue weighted by Gasteiger charge is -2.28. The molecule has 26 heavy (non-hydrogen) atoms. The van der Waals surface area contributed by atoms with E-state index in [1.807, 2.05) is 30.3 Å². The number of nitrogen functional groups attached to an aromatic ring is 1. The van der Waals surface area contributed by atoms with E-state index in [1.165, 1.54) is 6.26 Å². The molecule has 0 aliphatic carbocycles. The first kappa shape index (κ1) is 18.5. The Bertz CT molecular complexity index is 912. The Labute approximate surface area is 154 Å². The predicted molar refractivity (Wildman–Crippen MR) is 102 cm³/mol. The molecule has 0 spiro atoms. The van der Waals surface area contributed by atoms with Crippen molar-refractivity contribution in [2.24, 2.45) is 0 Å². The molecular formula is C19H24N2O4S. The maximum atomic E-state index is 12.1. The Balaban J connectivity index is 1.98. The minimum Gasteiger partial charge on any atom is -0.493 e. The monoisotopic (exact) mass is 376 g/mol. The topological polar surface area (TPSA) is 81.9 Å². The molecule has 6 nitrogen and oxygen atoms in total. The van der Waals surface area contributed by atoms with E-state index in [9.17, 15) is 8.42 Å². The summed E-state index contributed by atoms with van der Waals surface area (Å²) in [5, 5.41) is 0. The highest BCUT2D eigenvalue weighted by Gasteiger charge is 2.31. The van der Waals surface area contributed by atoms with Gasteiger partial charge in [-0.05, 0) is 34.9 Å². The number of nitrogens with two attached hydrogens (primary N) is 1. The Morgan fingerprint density at radius 2 is 1.85 bits per heavy atom. The smallest absolute Gasteiger partial charge is 0.161 e. The van der Waals surface area contributed by atoms with Gasteiger partial charge in [0, 0.05) is 31.1 Å². The lowest BCUT2D eigenvalue weighted by atomic mass is 10.1. The van der Waals surface area contributed by atoms with Crippen molar-refractivity contribution in [3.63, 3.8) is 0 Å². The van der Waals surface area contributed by atoms with Gasteiger partial charge in [0.05, 0.1) is 20.0 Å². The minimum atomic E-state index is -3.19. The molecule has 1 aliphatic heterocycles. The predicted octanol–water partition coefficient (Wildman–Crippen LogP) is 2.39. The number of methoxy groups -OCH3 is 2. The van der Waals surface area contributed by atoms with Gasteiger partial charge >= 0.3 is 0 Å². The molecular weight excluding hydrogens is 352 g/mol. The second-order valence-corrected chi connectivity index (χ2v) is 8.80. The van der Waals surface area contributed by atoms with Crippen LogP contribution in [0, 0.1) is 0 Å². The van der Waals surface area contributed by atoms with Crippen LogP contribution in [-0.4, -0.2) is 39.5 Å². The second kappa shape index (κ2) is 7.17. The second-order valence-electron chi connectivity index (χ2n) is 6.61. The fraction of sp³-hybridized carbons (Fsp3) is 0.368. The summed E-state index contributed by atoms with van der Waals surface area (Å²) < 4.78 is 34.8. The first-order chi connectivity index (χ1) is 12.3. The summed E-state index contributed by atoms with van der Waals surface area (Å²) in [5.74, 6) is 1.22. The Kier molecular flexibility index (Phi) is 5.11. The molecule has 0 saturated carbocycles. The van der Waals surface area contributed by atoms with Crippen LogP contribution >= 0.6 is 0 Å². The van der Waals surface area contributed by atoms with Gasteiger partial charge in [0.1, 0.15) is 9.84 Å². The SMILES string of the molecule is COc1ccc(C(CS(C)(=O)=O)N2Cc3cccc(N)c3C2)cc1OC. The molecule has 1 atom stereocenters. The van der Waals surface area contributed by atoms with Gasteiger partial charge in [-0.3, -0.25) is 4.90 Å². The minimum absolute atomic E-state index is 0.0242. The summed E-state index contributed by atoms with van der Waals surface area (Å²) in [6.45, 7) is 1.28. The lowest BCUT2D eigenvalue weighted by Crippen LogP contribution is -2.29. The van der Waals surface area contributed by atoms with E-state index in [1.54, 1.807) is 20.3 Å². The van der Waals surface area contributed by atoms with E-state index in [0.29, 0.717) is 24.6 Å². The van der Waals surface area contributed by atoms with Crippen LogP contribution in [0.15, 0.2) is 36.4 Å². The average molecular weight is 376 g/mol. The molecule has 1 aliphatic rings. The average Bonchev–Trinajstić information content (AvgIpc) is 3.04. The van der Waals surface area contributed by atoms with Crippen molar-refractivity contribution in [2.45, 2.75) is 19.1 Å². The van der Waals surface area contributed by atoms with Crippen molar-refractivity contribution in [2.75, 3.05) is 32.0 Å². The lowest BCUT2D eigenvalue weighted by molar-refractivity contribution is 0.216. The van der Waals surface area contributed by atoms with Gasteiger partial charge in [-0.1, -0.05) is 18.2 Å². The van der Waals surface area contributed by atoms with Crippen LogP contribution < -0.4 is 15.2 Å². The molecule has 2 aromatic carbocycles. The number of nitrogens with zero attached hydrogens (tertiary/aromatic N) is 1. The molecule has 0 fully saturated rings. The van der Waals surface area contributed by atoms with Crippen LogP contribution in [0.5, 0.6) is 11.5 Å². The van der Waals surface area contributed by atoms with E-state index in [-0.39, 0.29) is 11.8 Å². The maximum absolute atomic E-state index is 12.1. The zero-order valence-corrected chi connectivity index (χ0v) is 16.0. The van der Waals surface area contributed by atoms with Crippen LogP contribution in [0.2, 0.25) is 0 Å². The molecule has 7 heteroatoms. The quantitative estimate of drug-likeness (QED) is 0.780. The third-order valence-corrected chi connectivity index (χ3v) is 5.66. The highest BCUT2D eigenvalue weighted by atomic mass is 32.2. The fourth-order valence-electron chi connectivity index (χ4n) is 3.45. The van der Waals surface area contributed by atoms with Gasteiger partial charge in [0.2, 0.25) is 0 Å². The Hall–Kier alpha value is -2.25. The fourth-order valence-corrected chi connectivity index (χ4v) is 4.43. The van der Waals surface area contributed by atoms with Gasteiger partial charge in [0.25, 0.3) is 0 Å². The maximum Gasteiger partial charge on any atom is 0.161 e. The van der Waals surface area contributed by atoms with Crippen LogP contribution in [0.1, 0.15) is 22.7 Å². The third kappa shape index (κ3) is 3.78. The molecule has 0 bridgehead atoms. The number of sulfone groups is 1. The summed E-state index contributed by atoms with van der Waals surface area (Å²) in [7, 11) is -0.0428. The number of fused-ring (bicyclic) bond motifs is 1. The van der Waals surface area contributed by atoms with Crippen molar-refractivity contribution >= 4 is 15.5 Å². The summed E-state index contributed by atoms with van der Waals surface area (Å²) >= 11 is 0. The van der Waals surface area contributed by atoms with E-state index >= 15 is 0 Å². The van der Waals surface area contributed by atoms with Gasteiger partial charge in [0.15, 0.2) is 11.5 Å². The van der Waals surface area contributed by atoms with Gasteiger partial charge in [-0.15, -0.1) is 0 Å². The first-order valence-corrected chi connectivity index (χ1v) is 10.4. The molecule has 0 aromatic heterocycles. The molecule has 1 unspecified atom stereocenters. The number of hydrogen-bond donors (Lipinski definition) is 1. The van der Waals surface area contributed by atoms with E-state index in [0.717, 1.165) is 22.4 Å². The zero-order chi connectivity index (χ0) is 18.9. The van der Waals surface area contributed by atoms with Crippen LogP contribution in [0.3, 0.4) is 0 Å². The third-order valence-electron chi connectivity index (χ3n) is 4.74. The van der Waals surface area contributed by atoms with Crippen molar-refractivity contribution < 1.29 is 17.9 Å². The van der Waals surface area contributed by atoms with Gasteiger partial charge in [-0.25, -0.2) is 8.42 Å². The standard InChI is InChI=1S/C19H24N2O4S/c1-24-18-8-7-13(9-19(18)25-2)17(12-26(3,22)23)21-10-14-5-4-6-16(20)15(14)11-21/h4-9,17H,10-12,20H2,1-3H3. The van der Waals surface area contributed by atoms with Crippen LogP contribution in [-0.2, 0) is 22.9 Å². The van der Waals surface area contributed by atoms with Gasteiger partial charge in [-0.2, -0.15) is 0 Å². The van der Waals surface area contributed by atoms with Crippen molar-refractivity contribution in [1.82, 2.24) is 4.90 Å². The highest BCUT2D eigenvalue weighted by molar-refractivity contribution is 7.90. The van der Waals surface area contributed by atoms with Crippen molar-refractivity contribution in [3.8, 4) is 11.5 Å². The highest BCUT2D eigenvalue weighted by Crippen LogP contribution is 2.37. The normalized spacial score (nSPS) is 15.5. The summed E-state index contributed by atoms with van der Waals surface area (Å²) in [6.07, 6.45) is 1.26. The number of hydrogen-bond acceptors (Lipinski definition) is 6. The molecule has 2 N–H and O–H groups in total. The molecule has 3 rings (SSSR count). The summed E-state index contributed by atoms with van der Waals surface area (Å²) in [5.41, 5.74) is 9.94. The van der Waals surface area contributed by atoms with E-state index in [4.69, 9.17) is 15.2 Å². The Morgan fingerprint density at radius 3 is 2.46 bits per heavy atom. The number of ether oxygens (including phenoxy) is 2. The Morgan fingerprint density at radius 1 is 1.12 bits per heavy atom. The van der Waals surface area contributed by atoms with Gasteiger partial charge < -0.3 is 15.2 Å². The van der Waals surface area contributed by atoms with Crippen LogP contribution in [0.4, 0.5) is 5.69 Å². The molecule has 0 saturated heterocycles. The number of anilines is 1. The molecule has 140 valence electrons. The van der Waals surface area contributed by atoms with E-state index in [2.05, 4.69) is 4.90 Å². The van der Waals surface area contributed by atoms with Crippen molar-refractivity contribution in [3.05, 3.63) is 53.1 Å². The largest absolute Gasteiger partial charge is 0.493 e. The first-order valence-electron chi connectivity index (χ1n) is 8.32. The van der Waals surface area contributed by atoms with Crippen LogP contribution in [0.25, 0.3) is 0 Å². The summed E-state index contributed by atoms with van der Waals surface area (Å²) in [6, 6.07) is 11.1. The molecule has 0 amide bonds. The summed E-state index contributed by atoms with van der Waals surface area (Å²) in [4.78, 5) is 2.14. The molecule has 1 heterocycles.